The fraction of sp³-hybridized carbons (Fsp3) is 0.500. The largest absolute Gasteiger partial charge is 0.339 e. The van der Waals surface area contributed by atoms with Crippen LogP contribution in [-0.4, -0.2) is 47.3 Å². The highest BCUT2D eigenvalue weighted by Crippen LogP contribution is 2.30. The van der Waals surface area contributed by atoms with Crippen molar-refractivity contribution in [3.63, 3.8) is 0 Å². The molecular formula is C18H20BrN3O2. The van der Waals surface area contributed by atoms with E-state index in [1.165, 1.54) is 0 Å². The second kappa shape index (κ2) is 7.35. The van der Waals surface area contributed by atoms with Crippen molar-refractivity contribution < 1.29 is 9.59 Å². The summed E-state index contributed by atoms with van der Waals surface area (Å²) < 4.78 is 0.945. The number of carbonyl (C=O) groups excluding carboxylic acids is 2. The van der Waals surface area contributed by atoms with Gasteiger partial charge in [0, 0.05) is 35.1 Å². The molecule has 2 amide bonds. The summed E-state index contributed by atoms with van der Waals surface area (Å²) in [7, 11) is 0. The summed E-state index contributed by atoms with van der Waals surface area (Å²) in [6.07, 6.45) is 3.37. The third-order valence-corrected chi connectivity index (χ3v) is 5.26. The lowest BCUT2D eigenvalue weighted by Crippen LogP contribution is -2.45. The van der Waals surface area contributed by atoms with Gasteiger partial charge in [0.1, 0.15) is 6.54 Å². The Bertz CT molecular complexity index is 656. The number of rotatable bonds is 4. The number of likely N-dealkylation sites (tertiary alicyclic amines) is 1. The van der Waals surface area contributed by atoms with Gasteiger partial charge in [-0.15, -0.1) is 0 Å². The number of hydrogen-bond acceptors (Lipinski definition) is 3. The summed E-state index contributed by atoms with van der Waals surface area (Å²) in [6.45, 7) is 1.37. The summed E-state index contributed by atoms with van der Waals surface area (Å²) >= 11 is 3.37. The molecule has 0 radical (unpaired) electrons. The minimum Gasteiger partial charge on any atom is -0.339 e. The fourth-order valence-corrected chi connectivity index (χ4v) is 3.45. The predicted molar refractivity (Wildman–Crippen MR) is 93.1 cm³/mol. The molecular weight excluding hydrogens is 370 g/mol. The Hall–Kier alpha value is -1.87. The van der Waals surface area contributed by atoms with Gasteiger partial charge < -0.3 is 9.80 Å². The molecule has 5 nitrogen and oxygen atoms in total. The zero-order valence-electron chi connectivity index (χ0n) is 13.4. The van der Waals surface area contributed by atoms with Gasteiger partial charge in [-0.2, -0.15) is 5.26 Å². The molecule has 2 fully saturated rings. The number of nitrogens with zero attached hydrogens (tertiary/aromatic N) is 3. The van der Waals surface area contributed by atoms with Gasteiger partial charge in [-0.25, -0.2) is 0 Å². The average molecular weight is 390 g/mol. The Morgan fingerprint density at radius 2 is 1.79 bits per heavy atom. The number of carbonyl (C=O) groups is 2. The number of hydrogen-bond donors (Lipinski definition) is 0. The monoisotopic (exact) mass is 389 g/mol. The first kappa shape index (κ1) is 17.0. The van der Waals surface area contributed by atoms with Crippen LogP contribution in [0.3, 0.4) is 0 Å². The lowest BCUT2D eigenvalue weighted by atomic mass is 9.94. The Morgan fingerprint density at radius 1 is 1.17 bits per heavy atom. The third-order valence-electron chi connectivity index (χ3n) is 4.73. The van der Waals surface area contributed by atoms with Gasteiger partial charge in [0.25, 0.3) is 5.91 Å². The smallest absolute Gasteiger partial charge is 0.253 e. The Balaban J connectivity index is 1.57. The maximum Gasteiger partial charge on any atom is 0.253 e. The molecule has 0 spiro atoms. The van der Waals surface area contributed by atoms with Crippen molar-refractivity contribution in [1.29, 1.82) is 5.26 Å². The fourth-order valence-electron chi connectivity index (χ4n) is 3.19. The Morgan fingerprint density at radius 3 is 2.33 bits per heavy atom. The lowest BCUT2D eigenvalue weighted by molar-refractivity contribution is -0.136. The van der Waals surface area contributed by atoms with Gasteiger partial charge >= 0.3 is 0 Å². The van der Waals surface area contributed by atoms with E-state index in [4.69, 9.17) is 5.26 Å². The van der Waals surface area contributed by atoms with Crippen LogP contribution >= 0.6 is 15.9 Å². The quantitative estimate of drug-likeness (QED) is 0.743. The minimum absolute atomic E-state index is 0.0180. The maximum atomic E-state index is 12.6. The van der Waals surface area contributed by atoms with Crippen LogP contribution in [0.5, 0.6) is 0 Å². The van der Waals surface area contributed by atoms with Gasteiger partial charge in [0.05, 0.1) is 6.07 Å². The van der Waals surface area contributed by atoms with Gasteiger partial charge in [0.2, 0.25) is 5.91 Å². The number of piperidine rings is 1. The van der Waals surface area contributed by atoms with E-state index in [-0.39, 0.29) is 30.3 Å². The van der Waals surface area contributed by atoms with Crippen molar-refractivity contribution >= 4 is 27.7 Å². The first-order valence-electron chi connectivity index (χ1n) is 8.32. The van der Waals surface area contributed by atoms with E-state index in [9.17, 15) is 9.59 Å². The van der Waals surface area contributed by atoms with Crippen molar-refractivity contribution in [1.82, 2.24) is 9.80 Å². The van der Waals surface area contributed by atoms with Gasteiger partial charge in [-0.3, -0.25) is 9.59 Å². The Labute approximate surface area is 150 Å². The number of amides is 2. The third kappa shape index (κ3) is 3.78. The number of nitriles is 1. The van der Waals surface area contributed by atoms with Crippen LogP contribution in [0.25, 0.3) is 0 Å². The van der Waals surface area contributed by atoms with Crippen LogP contribution in [-0.2, 0) is 4.79 Å². The second-order valence-electron chi connectivity index (χ2n) is 6.43. The van der Waals surface area contributed by atoms with Crippen LogP contribution in [0.15, 0.2) is 28.7 Å². The molecule has 1 heterocycles. The van der Waals surface area contributed by atoms with Gasteiger partial charge in [0.15, 0.2) is 0 Å². The first-order chi connectivity index (χ1) is 11.6. The highest BCUT2D eigenvalue weighted by atomic mass is 79.9. The van der Waals surface area contributed by atoms with E-state index in [1.807, 2.05) is 29.2 Å². The van der Waals surface area contributed by atoms with E-state index in [1.54, 1.807) is 4.90 Å². The molecule has 0 atom stereocenters. The molecule has 2 aliphatic rings. The molecule has 1 aliphatic heterocycles. The van der Waals surface area contributed by atoms with Crippen LogP contribution in [0.2, 0.25) is 0 Å². The van der Waals surface area contributed by atoms with Crippen LogP contribution in [0.4, 0.5) is 0 Å². The molecule has 126 valence electrons. The van der Waals surface area contributed by atoms with Gasteiger partial charge in [-0.05, 0) is 49.9 Å². The molecule has 0 N–H and O–H groups in total. The number of halogens is 1. The highest BCUT2D eigenvalue weighted by molar-refractivity contribution is 9.10. The number of benzene rings is 1. The molecule has 1 saturated carbocycles. The predicted octanol–water partition coefficient (Wildman–Crippen LogP) is 2.82. The second-order valence-corrected chi connectivity index (χ2v) is 7.34. The topological polar surface area (TPSA) is 64.4 Å². The zero-order valence-corrected chi connectivity index (χ0v) is 15.0. The van der Waals surface area contributed by atoms with Crippen LogP contribution < -0.4 is 0 Å². The molecule has 1 aromatic rings. The standard InChI is InChI=1S/C18H20BrN3O2/c19-15-3-1-13(2-4-15)17(23)21-10-7-14(8-11-21)18(24)22(12-9-20)16-5-6-16/h1-4,14,16H,5-8,10-12H2. The molecule has 0 unspecified atom stereocenters. The first-order valence-corrected chi connectivity index (χ1v) is 9.11. The van der Waals surface area contributed by atoms with Crippen molar-refractivity contribution in [2.75, 3.05) is 19.6 Å². The van der Waals surface area contributed by atoms with Gasteiger partial charge in [-0.1, -0.05) is 15.9 Å². The summed E-state index contributed by atoms with van der Waals surface area (Å²) in [5.41, 5.74) is 0.673. The SMILES string of the molecule is N#CCN(C(=O)C1CCN(C(=O)c2ccc(Br)cc2)CC1)C1CC1. The van der Waals surface area contributed by atoms with E-state index >= 15 is 0 Å². The summed E-state index contributed by atoms with van der Waals surface area (Å²) in [5.74, 6) is 0.0483. The molecule has 0 aromatic heterocycles. The van der Waals surface area contributed by atoms with Crippen molar-refractivity contribution in [3.8, 4) is 6.07 Å². The molecule has 24 heavy (non-hydrogen) atoms. The minimum atomic E-state index is -0.0621. The van der Waals surface area contributed by atoms with Crippen molar-refractivity contribution in [2.45, 2.75) is 31.7 Å². The van der Waals surface area contributed by atoms with E-state index in [2.05, 4.69) is 22.0 Å². The van der Waals surface area contributed by atoms with E-state index < -0.39 is 0 Å². The zero-order chi connectivity index (χ0) is 17.1. The van der Waals surface area contributed by atoms with E-state index in [0.717, 1.165) is 17.3 Å². The average Bonchev–Trinajstić information content (AvgIpc) is 3.44. The van der Waals surface area contributed by atoms with E-state index in [0.29, 0.717) is 31.5 Å². The van der Waals surface area contributed by atoms with Crippen LogP contribution in [0, 0.1) is 17.2 Å². The highest BCUT2D eigenvalue weighted by Gasteiger charge is 2.37. The van der Waals surface area contributed by atoms with Crippen LogP contribution in [0.1, 0.15) is 36.0 Å². The lowest BCUT2D eigenvalue weighted by Gasteiger charge is -2.33. The maximum absolute atomic E-state index is 12.6. The molecule has 6 heteroatoms. The summed E-state index contributed by atoms with van der Waals surface area (Å²) in [4.78, 5) is 28.7. The molecule has 1 aliphatic carbocycles. The molecule has 1 aromatic carbocycles. The normalized spacial score (nSPS) is 18.1. The van der Waals surface area contributed by atoms with Crippen molar-refractivity contribution in [3.05, 3.63) is 34.3 Å². The molecule has 3 rings (SSSR count). The molecule has 1 saturated heterocycles. The Kier molecular flexibility index (Phi) is 5.20. The summed E-state index contributed by atoms with van der Waals surface area (Å²) in [6, 6.07) is 9.70. The molecule has 0 bridgehead atoms. The van der Waals surface area contributed by atoms with Crippen molar-refractivity contribution in [2.24, 2.45) is 5.92 Å². The summed E-state index contributed by atoms with van der Waals surface area (Å²) in [5, 5.41) is 8.92.